The van der Waals surface area contributed by atoms with Crippen LogP contribution in [0.2, 0.25) is 0 Å². The van der Waals surface area contributed by atoms with Gasteiger partial charge in [0, 0.05) is 23.9 Å². The fourth-order valence-corrected chi connectivity index (χ4v) is 3.50. The third kappa shape index (κ3) is 5.99. The summed E-state index contributed by atoms with van der Waals surface area (Å²) in [5, 5.41) is 4.51. The highest BCUT2D eigenvalue weighted by molar-refractivity contribution is 7.09. The van der Waals surface area contributed by atoms with Crippen molar-refractivity contribution in [3.05, 3.63) is 81.9 Å². The van der Waals surface area contributed by atoms with Crippen molar-refractivity contribution in [3.8, 4) is 0 Å². The van der Waals surface area contributed by atoms with Crippen LogP contribution in [0, 0.1) is 11.6 Å². The summed E-state index contributed by atoms with van der Waals surface area (Å²) in [5.41, 5.74) is -0.227. The summed E-state index contributed by atoms with van der Waals surface area (Å²) in [4.78, 5) is 27.4. The Balaban J connectivity index is 1.50. The zero-order valence-electron chi connectivity index (χ0n) is 15.6. The smallest absolute Gasteiger partial charge is 0.254 e. The number of nitrogens with one attached hydrogen (secondary N) is 1. The molecule has 0 saturated heterocycles. The fraction of sp³-hybridized carbons (Fsp3) is 0.238. The molecule has 0 aliphatic heterocycles. The van der Waals surface area contributed by atoms with Crippen molar-refractivity contribution < 1.29 is 22.8 Å². The summed E-state index contributed by atoms with van der Waals surface area (Å²) in [5.74, 6) is -1.68. The van der Waals surface area contributed by atoms with Crippen LogP contribution < -0.4 is 5.32 Å². The van der Waals surface area contributed by atoms with Crippen LogP contribution in [0.15, 0.2) is 58.5 Å². The third-order valence-electron chi connectivity index (χ3n) is 4.24. The maximum absolute atomic E-state index is 13.6. The van der Waals surface area contributed by atoms with Crippen LogP contribution in [-0.2, 0) is 17.9 Å². The van der Waals surface area contributed by atoms with E-state index in [9.17, 15) is 18.4 Å². The fourth-order valence-electron chi connectivity index (χ4n) is 2.78. The lowest BCUT2D eigenvalue weighted by Gasteiger charge is -2.21. The second-order valence-electron chi connectivity index (χ2n) is 6.39. The Morgan fingerprint density at radius 1 is 1.10 bits per heavy atom. The SMILES string of the molecule is O=C(NCCCC(=O)N(Cc1ccco1)Cc1cccs1)c1ccc(F)cc1F. The highest BCUT2D eigenvalue weighted by Gasteiger charge is 2.17. The van der Waals surface area contributed by atoms with E-state index in [4.69, 9.17) is 4.42 Å². The number of amides is 2. The van der Waals surface area contributed by atoms with Crippen LogP contribution in [0.4, 0.5) is 8.78 Å². The predicted molar refractivity (Wildman–Crippen MR) is 105 cm³/mol. The first-order chi connectivity index (χ1) is 14.0. The van der Waals surface area contributed by atoms with Gasteiger partial charge in [-0.15, -0.1) is 11.3 Å². The van der Waals surface area contributed by atoms with Gasteiger partial charge < -0.3 is 14.6 Å². The summed E-state index contributed by atoms with van der Waals surface area (Å²) in [6, 6.07) is 10.3. The molecule has 0 radical (unpaired) electrons. The molecule has 0 saturated carbocycles. The standard InChI is InChI=1S/C21H20F2N2O3S/c22-15-7-8-18(19(23)12-15)21(27)24-9-1-6-20(26)25(13-16-4-2-10-28-16)14-17-5-3-11-29-17/h2-5,7-8,10-12H,1,6,9,13-14H2,(H,24,27). The van der Waals surface area contributed by atoms with E-state index < -0.39 is 17.5 Å². The zero-order chi connectivity index (χ0) is 20.6. The van der Waals surface area contributed by atoms with Crippen LogP contribution in [0.25, 0.3) is 0 Å². The molecule has 2 heterocycles. The monoisotopic (exact) mass is 418 g/mol. The van der Waals surface area contributed by atoms with E-state index in [-0.39, 0.29) is 24.4 Å². The summed E-state index contributed by atoms with van der Waals surface area (Å²) in [7, 11) is 0. The highest BCUT2D eigenvalue weighted by atomic mass is 32.1. The minimum Gasteiger partial charge on any atom is -0.467 e. The molecule has 0 unspecified atom stereocenters. The third-order valence-corrected chi connectivity index (χ3v) is 5.10. The van der Waals surface area contributed by atoms with E-state index in [1.54, 1.807) is 28.6 Å². The lowest BCUT2D eigenvalue weighted by Crippen LogP contribution is -2.31. The Labute approximate surface area is 170 Å². The number of thiophene rings is 1. The van der Waals surface area contributed by atoms with Crippen molar-refractivity contribution in [1.82, 2.24) is 10.2 Å². The second-order valence-corrected chi connectivity index (χ2v) is 7.42. The summed E-state index contributed by atoms with van der Waals surface area (Å²) in [6.07, 6.45) is 2.18. The Morgan fingerprint density at radius 3 is 2.66 bits per heavy atom. The van der Waals surface area contributed by atoms with E-state index in [1.165, 1.54) is 0 Å². The van der Waals surface area contributed by atoms with Crippen LogP contribution >= 0.6 is 11.3 Å². The molecule has 2 amide bonds. The number of carbonyl (C=O) groups is 2. The average Bonchev–Trinajstić information content (AvgIpc) is 3.38. The van der Waals surface area contributed by atoms with Crippen molar-refractivity contribution in [3.63, 3.8) is 0 Å². The largest absolute Gasteiger partial charge is 0.467 e. The molecule has 1 aromatic carbocycles. The number of furan rings is 1. The van der Waals surface area contributed by atoms with Crippen LogP contribution in [0.5, 0.6) is 0 Å². The molecule has 29 heavy (non-hydrogen) atoms. The molecule has 0 spiro atoms. The van der Waals surface area contributed by atoms with Crippen molar-refractivity contribution in [1.29, 1.82) is 0 Å². The number of rotatable bonds is 9. The van der Waals surface area contributed by atoms with Gasteiger partial charge in [-0.05, 0) is 42.1 Å². The van der Waals surface area contributed by atoms with Gasteiger partial charge in [0.05, 0.1) is 24.9 Å². The molecular formula is C21H20F2N2O3S. The first-order valence-electron chi connectivity index (χ1n) is 9.08. The maximum atomic E-state index is 13.6. The number of nitrogens with zero attached hydrogens (tertiary/aromatic N) is 1. The molecule has 3 rings (SSSR count). The molecule has 0 aliphatic rings. The number of carbonyl (C=O) groups excluding carboxylic acids is 2. The van der Waals surface area contributed by atoms with E-state index in [2.05, 4.69) is 5.32 Å². The van der Waals surface area contributed by atoms with Crippen LogP contribution in [0.3, 0.4) is 0 Å². The highest BCUT2D eigenvalue weighted by Crippen LogP contribution is 2.16. The molecule has 1 N–H and O–H groups in total. The molecule has 152 valence electrons. The molecule has 5 nitrogen and oxygen atoms in total. The Hall–Kier alpha value is -3.00. The van der Waals surface area contributed by atoms with E-state index in [0.29, 0.717) is 31.3 Å². The average molecular weight is 418 g/mol. The summed E-state index contributed by atoms with van der Waals surface area (Å²) >= 11 is 1.57. The van der Waals surface area contributed by atoms with Gasteiger partial charge in [-0.1, -0.05) is 6.07 Å². The van der Waals surface area contributed by atoms with Gasteiger partial charge in [-0.3, -0.25) is 9.59 Å². The Morgan fingerprint density at radius 2 is 1.97 bits per heavy atom. The second kappa shape index (κ2) is 9.97. The minimum atomic E-state index is -0.917. The number of benzene rings is 1. The van der Waals surface area contributed by atoms with Gasteiger partial charge in [0.15, 0.2) is 0 Å². The topological polar surface area (TPSA) is 62.6 Å². The van der Waals surface area contributed by atoms with Crippen molar-refractivity contribution >= 4 is 23.2 Å². The number of halogens is 2. The Kier molecular flexibility index (Phi) is 7.13. The zero-order valence-corrected chi connectivity index (χ0v) is 16.4. The number of hydrogen-bond donors (Lipinski definition) is 1. The lowest BCUT2D eigenvalue weighted by atomic mass is 10.2. The molecule has 0 aliphatic carbocycles. The van der Waals surface area contributed by atoms with Crippen molar-refractivity contribution in [2.45, 2.75) is 25.9 Å². The minimum absolute atomic E-state index is 0.0722. The van der Waals surface area contributed by atoms with E-state index in [1.807, 2.05) is 23.6 Å². The molecule has 3 aromatic rings. The molecule has 0 atom stereocenters. The Bertz CT molecular complexity index is 907. The molecule has 2 aromatic heterocycles. The van der Waals surface area contributed by atoms with Gasteiger partial charge in [0.25, 0.3) is 5.91 Å². The lowest BCUT2D eigenvalue weighted by molar-refractivity contribution is -0.132. The normalized spacial score (nSPS) is 10.7. The van der Waals surface area contributed by atoms with Gasteiger partial charge in [0.1, 0.15) is 17.4 Å². The quantitative estimate of drug-likeness (QED) is 0.525. The molecule has 0 bridgehead atoms. The van der Waals surface area contributed by atoms with Gasteiger partial charge in [0.2, 0.25) is 5.91 Å². The van der Waals surface area contributed by atoms with E-state index in [0.717, 1.165) is 17.0 Å². The molecule has 8 heteroatoms. The van der Waals surface area contributed by atoms with Gasteiger partial charge in [-0.2, -0.15) is 0 Å². The first-order valence-corrected chi connectivity index (χ1v) is 9.96. The predicted octanol–water partition coefficient (Wildman–Crippen LogP) is 4.36. The van der Waals surface area contributed by atoms with E-state index >= 15 is 0 Å². The molecule has 0 fully saturated rings. The summed E-state index contributed by atoms with van der Waals surface area (Å²) in [6.45, 7) is 1.04. The maximum Gasteiger partial charge on any atom is 0.254 e. The molecular weight excluding hydrogens is 398 g/mol. The first kappa shape index (κ1) is 20.7. The van der Waals surface area contributed by atoms with Crippen molar-refractivity contribution in [2.75, 3.05) is 6.54 Å². The van der Waals surface area contributed by atoms with Crippen molar-refractivity contribution in [2.24, 2.45) is 0 Å². The number of hydrogen-bond acceptors (Lipinski definition) is 4. The van der Waals surface area contributed by atoms with Gasteiger partial charge in [-0.25, -0.2) is 8.78 Å². The van der Waals surface area contributed by atoms with Crippen LogP contribution in [-0.4, -0.2) is 23.3 Å². The van der Waals surface area contributed by atoms with Crippen LogP contribution in [0.1, 0.15) is 33.8 Å². The van der Waals surface area contributed by atoms with Gasteiger partial charge >= 0.3 is 0 Å². The summed E-state index contributed by atoms with van der Waals surface area (Å²) < 4.78 is 31.9.